The van der Waals surface area contributed by atoms with Gasteiger partial charge in [0.15, 0.2) is 12.9 Å². The zero-order chi connectivity index (χ0) is 29.4. The molecule has 0 spiro atoms. The number of nitrogens with zero attached hydrogens (tertiary/aromatic N) is 3. The smallest absolute Gasteiger partial charge is 0.338 e. The number of pyridine rings is 1. The molecule has 2 aromatic rings. The predicted molar refractivity (Wildman–Crippen MR) is 164 cm³/mol. The number of aliphatic hydroxyl groups is 1. The van der Waals surface area contributed by atoms with Crippen LogP contribution in [0.3, 0.4) is 0 Å². The number of rotatable bonds is 14. The van der Waals surface area contributed by atoms with E-state index in [1.165, 1.54) is 32.1 Å². The van der Waals surface area contributed by atoms with Crippen molar-refractivity contribution in [3.05, 3.63) is 89.1 Å². The summed E-state index contributed by atoms with van der Waals surface area (Å²) in [5.41, 5.74) is 2.32. The first-order chi connectivity index (χ1) is 20.4. The molecule has 1 aliphatic heterocycles. The lowest BCUT2D eigenvalue weighted by Crippen LogP contribution is -2.27. The minimum atomic E-state index is -3.74. The molecule has 0 bridgehead atoms. The van der Waals surface area contributed by atoms with Crippen LogP contribution in [0, 0.1) is 12.0 Å². The molecule has 1 saturated carbocycles. The van der Waals surface area contributed by atoms with Crippen LogP contribution in [0.2, 0.25) is 0 Å². The topological polar surface area (TPSA) is 115 Å². The van der Waals surface area contributed by atoms with E-state index >= 15 is 0 Å². The molecule has 3 aliphatic rings. The Hall–Kier alpha value is -3.47. The van der Waals surface area contributed by atoms with Gasteiger partial charge in [0, 0.05) is 41.1 Å². The normalized spacial score (nSPS) is 18.4. The summed E-state index contributed by atoms with van der Waals surface area (Å²) in [6, 6.07) is 11.9. The first-order valence-electron chi connectivity index (χ1n) is 14.9. The lowest BCUT2D eigenvalue weighted by molar-refractivity contribution is -0.486. The number of nitrogens with one attached hydrogen (secondary N) is 2. The Kier molecular flexibility index (Phi) is 10.1. The van der Waals surface area contributed by atoms with E-state index in [2.05, 4.69) is 15.0 Å². The quantitative estimate of drug-likeness (QED) is 0.174. The van der Waals surface area contributed by atoms with Crippen molar-refractivity contribution in [1.82, 2.24) is 15.2 Å². The number of benzene rings is 1. The Labute approximate surface area is 249 Å². The number of carbonyl (C=O) groups is 1. The van der Waals surface area contributed by atoms with E-state index in [-0.39, 0.29) is 10.8 Å². The van der Waals surface area contributed by atoms with Crippen molar-refractivity contribution >= 4 is 28.0 Å². The maximum atomic E-state index is 13.0. The monoisotopic (exact) mass is 591 g/mol. The standard InChI is InChI=1S/C32H41N5O4S/c38-31(27-8-3-18-33-21-27)22-34-19-17-26-9-11-28(12-10-26)35-42(40,41)30-15-13-29(14-16-30)37-23-32(39)36(24-37)20-4-7-25-5-1-2-6-25/h3,8-13,15-16,18,21,24-25,31,34-35,38H,1-2,4-7,14,17,19-20,22-23H2. The van der Waals surface area contributed by atoms with Crippen molar-refractivity contribution in [3.63, 3.8) is 0 Å². The molecule has 2 aliphatic carbocycles. The molecule has 1 amide bonds. The molecule has 10 heteroatoms. The van der Waals surface area contributed by atoms with E-state index in [4.69, 9.17) is 0 Å². The molecule has 2 heterocycles. The number of amides is 1. The van der Waals surface area contributed by atoms with E-state index in [9.17, 15) is 18.3 Å². The van der Waals surface area contributed by atoms with E-state index in [1.807, 2.05) is 29.1 Å². The largest absolute Gasteiger partial charge is 0.387 e. The van der Waals surface area contributed by atoms with Crippen molar-refractivity contribution in [1.29, 1.82) is 0 Å². The maximum absolute atomic E-state index is 13.0. The Morgan fingerprint density at radius 2 is 1.98 bits per heavy atom. The van der Waals surface area contributed by atoms with Crippen LogP contribution in [-0.2, 0) is 21.2 Å². The van der Waals surface area contributed by atoms with E-state index in [0.29, 0.717) is 31.7 Å². The Morgan fingerprint density at radius 1 is 1.17 bits per heavy atom. The van der Waals surface area contributed by atoms with E-state index < -0.39 is 16.1 Å². The Bertz CT molecular complexity index is 1400. The minimum absolute atomic E-state index is 0.0907. The van der Waals surface area contributed by atoms with Crippen molar-refractivity contribution in [3.8, 4) is 0 Å². The highest BCUT2D eigenvalue weighted by Gasteiger charge is 2.29. The molecule has 224 valence electrons. The number of allylic oxidation sites excluding steroid dienone is 1. The van der Waals surface area contributed by atoms with Crippen LogP contribution in [0.1, 0.15) is 62.2 Å². The second kappa shape index (κ2) is 14.1. The first kappa shape index (κ1) is 30.0. The van der Waals surface area contributed by atoms with Crippen LogP contribution in [0.5, 0.6) is 0 Å². The van der Waals surface area contributed by atoms with Gasteiger partial charge < -0.3 is 15.0 Å². The summed E-state index contributed by atoms with van der Waals surface area (Å²) >= 11 is 0. The van der Waals surface area contributed by atoms with E-state index in [0.717, 1.165) is 42.5 Å². The lowest BCUT2D eigenvalue weighted by Gasteiger charge is -2.22. The zero-order valence-corrected chi connectivity index (χ0v) is 24.8. The number of hydrogen-bond acceptors (Lipinski definition) is 6. The van der Waals surface area contributed by atoms with Crippen molar-refractivity contribution < 1.29 is 22.9 Å². The molecule has 42 heavy (non-hydrogen) atoms. The van der Waals surface area contributed by atoms with Crippen molar-refractivity contribution in [2.45, 2.75) is 57.5 Å². The number of sulfonamides is 1. The van der Waals surface area contributed by atoms with Gasteiger partial charge >= 0.3 is 5.91 Å². The highest BCUT2D eigenvalue weighted by atomic mass is 32.2. The molecule has 1 atom stereocenters. The second-order valence-corrected chi connectivity index (χ2v) is 13.0. The molecule has 3 N–H and O–H groups in total. The van der Waals surface area contributed by atoms with Gasteiger partial charge in [-0.3, -0.25) is 14.6 Å². The van der Waals surface area contributed by atoms with Crippen molar-refractivity contribution in [2.75, 3.05) is 30.9 Å². The lowest BCUT2D eigenvalue weighted by atomic mass is 10.0. The number of carbonyl (C=O) groups excluding carboxylic acids is 1. The van der Waals surface area contributed by atoms with Gasteiger partial charge in [-0.2, -0.15) is 0 Å². The third-order valence-electron chi connectivity index (χ3n) is 8.23. The van der Waals surface area contributed by atoms with Crippen LogP contribution in [0.4, 0.5) is 5.69 Å². The minimum Gasteiger partial charge on any atom is -0.387 e. The van der Waals surface area contributed by atoms with Crippen LogP contribution in [-0.4, -0.2) is 66.4 Å². The van der Waals surface area contributed by atoms with Gasteiger partial charge in [0.1, 0.15) is 0 Å². The predicted octanol–water partition coefficient (Wildman–Crippen LogP) is 3.92. The molecule has 5 rings (SSSR count). The molecule has 1 aromatic carbocycles. The van der Waals surface area contributed by atoms with Gasteiger partial charge in [-0.15, -0.1) is 12.2 Å². The number of hydrogen-bond donors (Lipinski definition) is 3. The average Bonchev–Trinajstić information content (AvgIpc) is 3.66. The SMILES string of the molecule is O=C1C[N+]([C-]2C=CC(S(=O)(=O)Nc3ccc(CCNCC(O)c4cccnc4)cc3)=CC2)=CN1CCCC1CCCC1. The van der Waals surface area contributed by atoms with Crippen molar-refractivity contribution in [2.24, 2.45) is 5.92 Å². The van der Waals surface area contributed by atoms with Gasteiger partial charge in [0.05, 0.1) is 12.6 Å². The summed E-state index contributed by atoms with van der Waals surface area (Å²) in [5.74, 6) is 0.909. The fraction of sp³-hybridized carbons (Fsp3) is 0.438. The molecular weight excluding hydrogens is 550 g/mol. The Morgan fingerprint density at radius 3 is 2.69 bits per heavy atom. The second-order valence-electron chi connectivity index (χ2n) is 11.3. The summed E-state index contributed by atoms with van der Waals surface area (Å²) in [6.45, 7) is 2.14. The molecule has 9 nitrogen and oxygen atoms in total. The van der Waals surface area contributed by atoms with Crippen LogP contribution >= 0.6 is 0 Å². The third kappa shape index (κ3) is 8.08. The fourth-order valence-electron chi connectivity index (χ4n) is 5.77. The summed E-state index contributed by atoms with van der Waals surface area (Å²) in [7, 11) is -3.74. The highest BCUT2D eigenvalue weighted by molar-refractivity contribution is 7.96. The van der Waals surface area contributed by atoms with Gasteiger partial charge in [-0.05, 0) is 61.9 Å². The van der Waals surface area contributed by atoms with Gasteiger partial charge in [-0.1, -0.05) is 50.0 Å². The third-order valence-corrected chi connectivity index (χ3v) is 9.65. The van der Waals surface area contributed by atoms with Crippen LogP contribution in [0.25, 0.3) is 0 Å². The number of anilines is 1. The molecule has 0 radical (unpaired) electrons. The van der Waals surface area contributed by atoms with Gasteiger partial charge in [0.25, 0.3) is 0 Å². The summed E-state index contributed by atoms with van der Waals surface area (Å²) in [6.07, 6.45) is 18.4. The fourth-order valence-corrected chi connectivity index (χ4v) is 6.88. The van der Waals surface area contributed by atoms with Gasteiger partial charge in [0.2, 0.25) is 10.0 Å². The number of aliphatic hydroxyl groups excluding tert-OH is 1. The summed E-state index contributed by atoms with van der Waals surface area (Å²) in [4.78, 5) is 18.6. The first-order valence-corrected chi connectivity index (χ1v) is 16.4. The zero-order valence-electron chi connectivity index (χ0n) is 24.0. The molecule has 0 saturated heterocycles. The van der Waals surface area contributed by atoms with Gasteiger partial charge in [-0.25, -0.2) is 13.2 Å². The van der Waals surface area contributed by atoms with Crippen LogP contribution < -0.4 is 10.0 Å². The maximum Gasteiger partial charge on any atom is 0.338 e. The number of aromatic nitrogens is 1. The highest BCUT2D eigenvalue weighted by Crippen LogP contribution is 2.29. The molecule has 1 unspecified atom stereocenters. The molecule has 1 aromatic heterocycles. The molecular formula is C32H41N5O4S. The van der Waals surface area contributed by atoms with Crippen LogP contribution in [0.15, 0.2) is 71.9 Å². The molecule has 1 fully saturated rings. The van der Waals surface area contributed by atoms with E-state index in [1.54, 1.807) is 53.7 Å². The summed E-state index contributed by atoms with van der Waals surface area (Å²) < 4.78 is 30.6. The summed E-state index contributed by atoms with van der Waals surface area (Å²) in [5, 5.41) is 13.5. The average molecular weight is 592 g/mol. The Balaban J connectivity index is 1.06.